The normalized spacial score (nSPS) is 22.7. The van der Waals surface area contributed by atoms with Gasteiger partial charge in [-0.2, -0.15) is 0 Å². The predicted octanol–water partition coefficient (Wildman–Crippen LogP) is 3.19. The van der Waals surface area contributed by atoms with E-state index in [4.69, 9.17) is 9.26 Å². The fourth-order valence-corrected chi connectivity index (χ4v) is 4.76. The number of nitrogens with zero attached hydrogens (tertiary/aromatic N) is 3. The van der Waals surface area contributed by atoms with Crippen molar-refractivity contribution in [2.24, 2.45) is 5.92 Å². The fraction of sp³-hybridized carbons (Fsp3) is 0.652. The number of ether oxygens (including phenoxy) is 1. The Balaban J connectivity index is 1.17. The molecular weight excluding hydrogens is 399 g/mol. The molecule has 0 bridgehead atoms. The highest BCUT2D eigenvalue weighted by Gasteiger charge is 2.25. The zero-order valence-electron chi connectivity index (χ0n) is 18.3. The van der Waals surface area contributed by atoms with Gasteiger partial charge < -0.3 is 19.5 Å². The smallest absolute Gasteiger partial charge is 0.222 e. The maximum atomic E-state index is 13.6. The molecule has 1 amide bonds. The van der Waals surface area contributed by atoms with Crippen LogP contribution in [0, 0.1) is 11.7 Å². The number of anilines is 1. The summed E-state index contributed by atoms with van der Waals surface area (Å²) in [6, 6.07) is 4.87. The number of piperazine rings is 1. The SMILES string of the molecule is COCCC(=O)NC1CCC(CCN2CCN(c3noc4ccc(F)cc34)CC2)CC1. The molecule has 1 aliphatic carbocycles. The van der Waals surface area contributed by atoms with Crippen LogP contribution in [0.5, 0.6) is 0 Å². The van der Waals surface area contributed by atoms with E-state index in [-0.39, 0.29) is 11.7 Å². The molecule has 2 heterocycles. The molecule has 0 unspecified atom stereocenters. The molecule has 1 aromatic heterocycles. The third kappa shape index (κ3) is 5.74. The monoisotopic (exact) mass is 432 g/mol. The highest BCUT2D eigenvalue weighted by atomic mass is 19.1. The standard InChI is InChI=1S/C23H33FN4O3/c1-30-15-9-22(29)25-19-5-2-17(3-6-19)8-10-27-11-13-28(14-12-27)23-20-16-18(24)4-7-21(20)31-26-23/h4,7,16-17,19H,2-3,5-6,8-15H2,1H3,(H,25,29). The van der Waals surface area contributed by atoms with Crippen LogP contribution < -0.4 is 10.2 Å². The Hall–Kier alpha value is -2.19. The van der Waals surface area contributed by atoms with E-state index in [1.807, 2.05) is 0 Å². The van der Waals surface area contributed by atoms with Crippen molar-refractivity contribution >= 4 is 22.7 Å². The molecule has 0 spiro atoms. The van der Waals surface area contributed by atoms with Gasteiger partial charge in [0.25, 0.3) is 0 Å². The van der Waals surface area contributed by atoms with Gasteiger partial charge >= 0.3 is 0 Å². The topological polar surface area (TPSA) is 70.8 Å². The third-order valence-electron chi connectivity index (χ3n) is 6.68. The number of amides is 1. The number of methoxy groups -OCH3 is 1. The minimum Gasteiger partial charge on any atom is -0.384 e. The van der Waals surface area contributed by atoms with Crippen LogP contribution in [0.2, 0.25) is 0 Å². The van der Waals surface area contributed by atoms with Gasteiger partial charge in [-0.25, -0.2) is 4.39 Å². The highest BCUT2D eigenvalue weighted by Crippen LogP contribution is 2.29. The summed E-state index contributed by atoms with van der Waals surface area (Å²) in [6.07, 6.45) is 6.18. The maximum absolute atomic E-state index is 13.6. The van der Waals surface area contributed by atoms with Crippen LogP contribution in [0.1, 0.15) is 38.5 Å². The van der Waals surface area contributed by atoms with Gasteiger partial charge in [0.15, 0.2) is 11.4 Å². The summed E-state index contributed by atoms with van der Waals surface area (Å²) in [5.74, 6) is 1.33. The summed E-state index contributed by atoms with van der Waals surface area (Å²) < 4.78 is 23.9. The zero-order valence-corrected chi connectivity index (χ0v) is 18.3. The van der Waals surface area contributed by atoms with Crippen molar-refractivity contribution in [1.82, 2.24) is 15.4 Å². The molecule has 2 aromatic rings. The van der Waals surface area contributed by atoms with Crippen molar-refractivity contribution in [3.05, 3.63) is 24.0 Å². The molecule has 1 saturated heterocycles. The highest BCUT2D eigenvalue weighted by molar-refractivity contribution is 5.88. The Morgan fingerprint density at radius 3 is 2.74 bits per heavy atom. The Bertz CT molecular complexity index is 858. The number of carbonyl (C=O) groups excluding carboxylic acids is 1. The molecule has 8 heteroatoms. The lowest BCUT2D eigenvalue weighted by molar-refractivity contribution is -0.122. The van der Waals surface area contributed by atoms with Crippen molar-refractivity contribution in [3.8, 4) is 0 Å². The Morgan fingerprint density at radius 2 is 2.00 bits per heavy atom. The molecule has 1 saturated carbocycles. The van der Waals surface area contributed by atoms with Crippen LogP contribution in [0.15, 0.2) is 22.7 Å². The number of nitrogens with one attached hydrogen (secondary N) is 1. The van der Waals surface area contributed by atoms with Gasteiger partial charge in [-0.15, -0.1) is 0 Å². The number of fused-ring (bicyclic) bond motifs is 1. The summed E-state index contributed by atoms with van der Waals surface area (Å²) in [7, 11) is 1.62. The van der Waals surface area contributed by atoms with Gasteiger partial charge in [0, 0.05) is 45.8 Å². The molecule has 31 heavy (non-hydrogen) atoms. The van der Waals surface area contributed by atoms with E-state index >= 15 is 0 Å². The largest absolute Gasteiger partial charge is 0.384 e. The zero-order chi connectivity index (χ0) is 21.6. The van der Waals surface area contributed by atoms with Crippen LogP contribution in [0.3, 0.4) is 0 Å². The van der Waals surface area contributed by atoms with Crippen LogP contribution in [0.25, 0.3) is 11.0 Å². The molecule has 1 aliphatic heterocycles. The molecule has 0 atom stereocenters. The molecule has 2 aliphatic rings. The minimum absolute atomic E-state index is 0.103. The van der Waals surface area contributed by atoms with E-state index in [9.17, 15) is 9.18 Å². The predicted molar refractivity (Wildman–Crippen MR) is 118 cm³/mol. The molecule has 1 N–H and O–H groups in total. The van der Waals surface area contributed by atoms with Crippen molar-refractivity contribution in [2.45, 2.75) is 44.6 Å². The van der Waals surface area contributed by atoms with Crippen LogP contribution >= 0.6 is 0 Å². The number of rotatable bonds is 8. The van der Waals surface area contributed by atoms with Gasteiger partial charge in [0.05, 0.1) is 12.0 Å². The molecule has 1 aromatic carbocycles. The first-order chi connectivity index (χ1) is 15.1. The lowest BCUT2D eigenvalue weighted by atomic mass is 9.84. The number of hydrogen-bond donors (Lipinski definition) is 1. The average molecular weight is 433 g/mol. The van der Waals surface area contributed by atoms with Gasteiger partial charge in [0.2, 0.25) is 5.91 Å². The first-order valence-electron chi connectivity index (χ1n) is 11.4. The molecular formula is C23H33FN4O3. The Kier molecular flexibility index (Phi) is 7.40. The summed E-state index contributed by atoms with van der Waals surface area (Å²) in [6.45, 7) is 5.30. The molecule has 170 valence electrons. The van der Waals surface area contributed by atoms with Crippen molar-refractivity contribution < 1.29 is 18.4 Å². The maximum Gasteiger partial charge on any atom is 0.222 e. The second kappa shape index (κ2) is 10.4. The van der Waals surface area contributed by atoms with Gasteiger partial charge in [-0.05, 0) is 62.8 Å². The molecule has 7 nitrogen and oxygen atoms in total. The number of hydrogen-bond acceptors (Lipinski definition) is 6. The average Bonchev–Trinajstić information content (AvgIpc) is 3.20. The number of benzene rings is 1. The van der Waals surface area contributed by atoms with Crippen molar-refractivity contribution in [1.29, 1.82) is 0 Å². The molecule has 2 fully saturated rings. The fourth-order valence-electron chi connectivity index (χ4n) is 4.76. The number of carbonyl (C=O) groups is 1. The van der Waals surface area contributed by atoms with Crippen LogP contribution in [0.4, 0.5) is 10.2 Å². The lowest BCUT2D eigenvalue weighted by Crippen LogP contribution is -2.47. The van der Waals surface area contributed by atoms with Gasteiger partial charge in [-0.1, -0.05) is 5.16 Å². The third-order valence-corrected chi connectivity index (χ3v) is 6.68. The van der Waals surface area contributed by atoms with E-state index in [1.54, 1.807) is 13.2 Å². The summed E-state index contributed by atoms with van der Waals surface area (Å²) in [5.41, 5.74) is 0.629. The number of aromatic nitrogens is 1. The second-order valence-corrected chi connectivity index (χ2v) is 8.79. The van der Waals surface area contributed by atoms with Gasteiger partial charge in [-0.3, -0.25) is 9.69 Å². The quantitative estimate of drug-likeness (QED) is 0.691. The number of halogens is 1. The minimum atomic E-state index is -0.264. The van der Waals surface area contributed by atoms with E-state index in [1.165, 1.54) is 31.4 Å². The van der Waals surface area contributed by atoms with E-state index in [2.05, 4.69) is 20.3 Å². The summed E-state index contributed by atoms with van der Waals surface area (Å²) in [5, 5.41) is 8.07. The van der Waals surface area contributed by atoms with E-state index < -0.39 is 0 Å². The Labute approximate surface area is 182 Å². The van der Waals surface area contributed by atoms with Crippen molar-refractivity contribution in [2.75, 3.05) is 51.3 Å². The summed E-state index contributed by atoms with van der Waals surface area (Å²) in [4.78, 5) is 16.6. The lowest BCUT2D eigenvalue weighted by Gasteiger charge is -2.36. The first kappa shape index (κ1) is 22.0. The van der Waals surface area contributed by atoms with Gasteiger partial charge in [0.1, 0.15) is 5.82 Å². The first-order valence-corrected chi connectivity index (χ1v) is 11.4. The molecule has 0 radical (unpaired) electrons. The summed E-state index contributed by atoms with van der Waals surface area (Å²) >= 11 is 0. The van der Waals surface area contributed by atoms with Crippen LogP contribution in [-0.4, -0.2) is 68.4 Å². The van der Waals surface area contributed by atoms with E-state index in [0.29, 0.717) is 24.7 Å². The molecule has 4 rings (SSSR count). The Morgan fingerprint density at radius 1 is 1.23 bits per heavy atom. The van der Waals surface area contributed by atoms with E-state index in [0.717, 1.165) is 62.7 Å². The van der Waals surface area contributed by atoms with Crippen LogP contribution in [-0.2, 0) is 9.53 Å². The van der Waals surface area contributed by atoms with Crippen molar-refractivity contribution in [3.63, 3.8) is 0 Å². The second-order valence-electron chi connectivity index (χ2n) is 8.79.